The summed E-state index contributed by atoms with van der Waals surface area (Å²) in [7, 11) is -3.08. The van der Waals surface area contributed by atoms with E-state index >= 15 is 0 Å². The summed E-state index contributed by atoms with van der Waals surface area (Å²) < 4.78 is 46.4. The van der Waals surface area contributed by atoms with Crippen molar-refractivity contribution in [2.75, 3.05) is 12.8 Å². The van der Waals surface area contributed by atoms with Gasteiger partial charge in [0.15, 0.2) is 5.76 Å². The summed E-state index contributed by atoms with van der Waals surface area (Å²) in [6, 6.07) is 13.2. The molecule has 0 aliphatic rings. The molecule has 182 valence electrons. The first-order valence-electron chi connectivity index (χ1n) is 10.3. The third-order valence-corrected chi connectivity index (χ3v) is 5.76. The van der Waals surface area contributed by atoms with Crippen LogP contribution in [0.3, 0.4) is 0 Å². The van der Waals surface area contributed by atoms with Crippen molar-refractivity contribution in [1.29, 1.82) is 0 Å². The first kappa shape index (κ1) is 24.4. The van der Waals surface area contributed by atoms with Gasteiger partial charge in [0.25, 0.3) is 5.82 Å². The molecule has 1 unspecified atom stereocenters. The molecule has 0 amide bonds. The van der Waals surface area contributed by atoms with Crippen molar-refractivity contribution in [3.63, 3.8) is 0 Å². The van der Waals surface area contributed by atoms with E-state index in [1.54, 1.807) is 48.8 Å². The molecule has 0 aliphatic carbocycles. The molecule has 0 bridgehead atoms. The van der Waals surface area contributed by atoms with Crippen molar-refractivity contribution in [1.82, 2.24) is 15.1 Å². The fourth-order valence-electron chi connectivity index (χ4n) is 3.08. The van der Waals surface area contributed by atoms with E-state index in [0.717, 1.165) is 12.7 Å². The Labute approximate surface area is 199 Å². The molecule has 0 saturated heterocycles. The molecule has 0 saturated carbocycles. The lowest BCUT2D eigenvalue weighted by molar-refractivity contribution is -0.711. The number of nitrogens with zero attached hydrogens (tertiary/aromatic N) is 4. The van der Waals surface area contributed by atoms with Crippen LogP contribution < -0.4 is 15.0 Å². The Balaban J connectivity index is 1.39. The lowest BCUT2D eigenvalue weighted by atomic mass is 10.1. The van der Waals surface area contributed by atoms with Gasteiger partial charge in [-0.2, -0.15) is 4.39 Å². The van der Waals surface area contributed by atoms with Crippen LogP contribution in [0.2, 0.25) is 0 Å². The monoisotopic (exact) mass is 502 g/mol. The number of phosphoric ester groups is 1. The van der Waals surface area contributed by atoms with Gasteiger partial charge in [-0.15, -0.1) is 0 Å². The minimum Gasteiger partial charge on any atom is -0.471 e. The molecule has 11 nitrogen and oxygen atoms in total. The first-order valence-corrected chi connectivity index (χ1v) is 11.8. The zero-order chi connectivity index (χ0) is 24.8. The first-order chi connectivity index (χ1) is 16.8. The predicted molar refractivity (Wildman–Crippen MR) is 120 cm³/mol. The lowest BCUT2D eigenvalue weighted by Gasteiger charge is -2.09. The van der Waals surface area contributed by atoms with Crippen molar-refractivity contribution in [3.8, 4) is 17.2 Å². The predicted octanol–water partition coefficient (Wildman–Crippen LogP) is 3.03. The minimum atomic E-state index is -4.15. The average molecular weight is 502 g/mol. The molecule has 0 radical (unpaired) electrons. The van der Waals surface area contributed by atoms with Crippen molar-refractivity contribution in [2.45, 2.75) is 19.8 Å². The molecule has 4 aromatic heterocycles. The molecular weight excluding hydrogens is 480 g/mol. The maximum atomic E-state index is 13.2. The third kappa shape index (κ3) is 6.46. The van der Waals surface area contributed by atoms with Crippen molar-refractivity contribution >= 4 is 13.6 Å². The molecule has 1 atom stereocenters. The number of nitrogen functional groups attached to an aromatic ring is 1. The summed E-state index contributed by atoms with van der Waals surface area (Å²) >= 11 is 0. The van der Waals surface area contributed by atoms with Crippen LogP contribution in [0.15, 0.2) is 65.4 Å². The van der Waals surface area contributed by atoms with Crippen LogP contribution >= 0.6 is 7.82 Å². The molecule has 0 fully saturated rings. The van der Waals surface area contributed by atoms with E-state index in [9.17, 15) is 13.8 Å². The van der Waals surface area contributed by atoms with E-state index in [1.165, 1.54) is 10.6 Å². The van der Waals surface area contributed by atoms with E-state index in [4.69, 9.17) is 19.5 Å². The minimum absolute atomic E-state index is 0.0988. The number of hydrogen-bond acceptors (Lipinski definition) is 9. The summed E-state index contributed by atoms with van der Waals surface area (Å²) in [5, 5.41) is 4.09. The van der Waals surface area contributed by atoms with Gasteiger partial charge < -0.3 is 14.2 Å². The van der Waals surface area contributed by atoms with Gasteiger partial charge in [-0.1, -0.05) is 17.3 Å². The van der Waals surface area contributed by atoms with E-state index in [0.29, 0.717) is 35.0 Å². The fraction of sp³-hybridized carbons (Fsp3) is 0.182. The summed E-state index contributed by atoms with van der Waals surface area (Å²) in [5.74, 6) is 0.484. The quantitative estimate of drug-likeness (QED) is 0.188. The second-order valence-corrected chi connectivity index (χ2v) is 8.85. The van der Waals surface area contributed by atoms with Gasteiger partial charge in [0.2, 0.25) is 18.6 Å². The Morgan fingerprint density at radius 1 is 1.20 bits per heavy atom. The van der Waals surface area contributed by atoms with Crippen LogP contribution in [0.5, 0.6) is 5.88 Å². The highest BCUT2D eigenvalue weighted by molar-refractivity contribution is 7.47. The number of phosphoric acid groups is 1. The Hall–Kier alpha value is -3.70. The summed E-state index contributed by atoms with van der Waals surface area (Å²) in [5.41, 5.74) is 8.68. The Morgan fingerprint density at radius 3 is 2.80 bits per heavy atom. The van der Waals surface area contributed by atoms with Crippen molar-refractivity contribution < 1.29 is 36.7 Å². The molecule has 0 aromatic carbocycles. The molecular formula is C22H22FN5O6P+. The Bertz CT molecular complexity index is 1350. The van der Waals surface area contributed by atoms with E-state index < -0.39 is 13.8 Å². The number of aromatic nitrogens is 4. The SMILES string of the molecule is COP(=O)(O)OC[n+]1cccc(-c2cc(Cc3ccc(OCc4cccc(F)n4)nc3)no2)c1N. The van der Waals surface area contributed by atoms with E-state index in [1.807, 2.05) is 6.07 Å². The zero-order valence-electron chi connectivity index (χ0n) is 18.6. The lowest BCUT2D eigenvalue weighted by Crippen LogP contribution is -2.38. The summed E-state index contributed by atoms with van der Waals surface area (Å²) in [6.45, 7) is -0.195. The molecule has 0 aliphatic heterocycles. The van der Waals surface area contributed by atoms with Crippen LogP contribution in [-0.2, 0) is 33.4 Å². The van der Waals surface area contributed by atoms with Gasteiger partial charge in [0.05, 0.1) is 17.6 Å². The highest BCUT2D eigenvalue weighted by Gasteiger charge is 2.22. The highest BCUT2D eigenvalue weighted by Crippen LogP contribution is 2.41. The van der Waals surface area contributed by atoms with Gasteiger partial charge >= 0.3 is 7.82 Å². The third-order valence-electron chi connectivity index (χ3n) is 4.85. The van der Waals surface area contributed by atoms with E-state index in [-0.39, 0.29) is 19.2 Å². The van der Waals surface area contributed by atoms with E-state index in [2.05, 4.69) is 19.6 Å². The Kier molecular flexibility index (Phi) is 7.47. The fourth-order valence-corrected chi connectivity index (χ4v) is 3.46. The van der Waals surface area contributed by atoms with Crippen LogP contribution in [0.1, 0.15) is 17.0 Å². The molecule has 3 N–H and O–H groups in total. The van der Waals surface area contributed by atoms with Gasteiger partial charge in [-0.05, 0) is 29.8 Å². The van der Waals surface area contributed by atoms with Crippen LogP contribution in [0, 0.1) is 5.95 Å². The second kappa shape index (κ2) is 10.7. The molecule has 35 heavy (non-hydrogen) atoms. The number of hydrogen-bond donors (Lipinski definition) is 2. The summed E-state index contributed by atoms with van der Waals surface area (Å²) in [6.07, 6.45) is 3.68. The largest absolute Gasteiger partial charge is 0.475 e. The van der Waals surface area contributed by atoms with Crippen molar-refractivity contribution in [3.05, 3.63) is 83.8 Å². The normalized spacial score (nSPS) is 12.9. The molecule has 0 spiro atoms. The molecule has 4 aromatic rings. The average Bonchev–Trinajstić information content (AvgIpc) is 3.31. The number of pyridine rings is 3. The smallest absolute Gasteiger partial charge is 0.471 e. The summed E-state index contributed by atoms with van der Waals surface area (Å²) in [4.78, 5) is 17.4. The van der Waals surface area contributed by atoms with Crippen LogP contribution in [-0.4, -0.2) is 27.1 Å². The maximum Gasteiger partial charge on any atom is 0.475 e. The van der Waals surface area contributed by atoms with Crippen LogP contribution in [0.4, 0.5) is 10.2 Å². The maximum absolute atomic E-state index is 13.2. The molecule has 13 heteroatoms. The molecule has 4 heterocycles. The van der Waals surface area contributed by atoms with Crippen LogP contribution in [0.25, 0.3) is 11.3 Å². The second-order valence-electron chi connectivity index (χ2n) is 7.29. The Morgan fingerprint density at radius 2 is 2.06 bits per heavy atom. The topological polar surface area (TPSA) is 147 Å². The zero-order valence-corrected chi connectivity index (χ0v) is 19.5. The van der Waals surface area contributed by atoms with Gasteiger partial charge in [0, 0.05) is 31.9 Å². The number of ether oxygens (including phenoxy) is 1. The van der Waals surface area contributed by atoms with Gasteiger partial charge in [-0.3, -0.25) is 10.3 Å². The number of nitrogens with two attached hydrogens (primary N) is 1. The van der Waals surface area contributed by atoms with Crippen molar-refractivity contribution in [2.24, 2.45) is 0 Å². The number of rotatable bonds is 10. The number of halogens is 1. The standard InChI is InChI=1S/C22H21FN5O6P/c1-31-35(29,30)33-14-28-9-3-5-18(22(28)24)19-11-17(27-34-19)10-15-7-8-21(25-12-15)32-13-16-4-2-6-20(23)26-16/h2-9,11-12,24H,10,13-14H2,1H3,(H,29,30)/p+1. The number of anilines is 1. The van der Waals surface area contributed by atoms with Gasteiger partial charge in [0.1, 0.15) is 12.2 Å². The molecule has 4 rings (SSSR count). The van der Waals surface area contributed by atoms with Gasteiger partial charge in [-0.25, -0.2) is 23.6 Å². The highest BCUT2D eigenvalue weighted by atomic mass is 31.2.